The van der Waals surface area contributed by atoms with Crippen LogP contribution in [0.2, 0.25) is 0 Å². The minimum absolute atomic E-state index is 0.243. The molecule has 20 heavy (non-hydrogen) atoms. The van der Waals surface area contributed by atoms with Crippen molar-refractivity contribution in [2.24, 2.45) is 0 Å². The number of pyridine rings is 1. The molecule has 1 unspecified atom stereocenters. The Morgan fingerprint density at radius 1 is 1.00 bits per heavy atom. The highest BCUT2D eigenvalue weighted by molar-refractivity contribution is 5.32. The van der Waals surface area contributed by atoms with Crippen molar-refractivity contribution in [1.29, 1.82) is 0 Å². The summed E-state index contributed by atoms with van der Waals surface area (Å²) < 4.78 is 12.8. The van der Waals surface area contributed by atoms with Crippen molar-refractivity contribution in [3.63, 3.8) is 0 Å². The molecule has 0 fully saturated rings. The third kappa shape index (κ3) is 3.89. The lowest BCUT2D eigenvalue weighted by Gasteiger charge is -2.12. The summed E-state index contributed by atoms with van der Waals surface area (Å²) in [6, 6.07) is 12.0. The SMILES string of the molecule is CCCCCc1ccc(C(C)c2ccc(F)nc2)cc1. The Balaban J connectivity index is 2.03. The first-order valence-electron chi connectivity index (χ1n) is 7.41. The number of aryl methyl sites for hydroxylation is 1. The summed E-state index contributed by atoms with van der Waals surface area (Å²) in [4.78, 5) is 3.73. The van der Waals surface area contributed by atoms with E-state index in [9.17, 15) is 4.39 Å². The third-order valence-electron chi connectivity index (χ3n) is 3.80. The molecule has 0 N–H and O–H groups in total. The summed E-state index contributed by atoms with van der Waals surface area (Å²) in [5, 5.41) is 0. The average Bonchev–Trinajstić information content (AvgIpc) is 2.48. The van der Waals surface area contributed by atoms with Gasteiger partial charge in [0.2, 0.25) is 5.95 Å². The maximum absolute atomic E-state index is 12.8. The van der Waals surface area contributed by atoms with Crippen LogP contribution in [0.25, 0.3) is 0 Å². The lowest BCUT2D eigenvalue weighted by Crippen LogP contribution is -1.98. The zero-order valence-electron chi connectivity index (χ0n) is 12.3. The second kappa shape index (κ2) is 7.18. The monoisotopic (exact) mass is 271 g/mol. The maximum Gasteiger partial charge on any atom is 0.212 e. The van der Waals surface area contributed by atoms with Crippen LogP contribution in [0.4, 0.5) is 4.39 Å². The summed E-state index contributed by atoms with van der Waals surface area (Å²) >= 11 is 0. The molecule has 0 saturated carbocycles. The largest absolute Gasteiger partial charge is 0.228 e. The highest BCUT2D eigenvalue weighted by Crippen LogP contribution is 2.24. The quantitative estimate of drug-likeness (QED) is 0.526. The summed E-state index contributed by atoms with van der Waals surface area (Å²) in [7, 11) is 0. The Morgan fingerprint density at radius 3 is 2.30 bits per heavy atom. The molecule has 0 aliphatic carbocycles. The molecule has 2 rings (SSSR count). The van der Waals surface area contributed by atoms with Gasteiger partial charge in [0.1, 0.15) is 0 Å². The third-order valence-corrected chi connectivity index (χ3v) is 3.80. The summed E-state index contributed by atoms with van der Waals surface area (Å²) in [5.41, 5.74) is 3.69. The summed E-state index contributed by atoms with van der Waals surface area (Å²) in [5.74, 6) is -0.181. The van der Waals surface area contributed by atoms with Crippen molar-refractivity contribution in [3.05, 3.63) is 65.2 Å². The van der Waals surface area contributed by atoms with Crippen LogP contribution in [-0.4, -0.2) is 4.98 Å². The highest BCUT2D eigenvalue weighted by Gasteiger charge is 2.09. The Morgan fingerprint density at radius 2 is 1.70 bits per heavy atom. The molecule has 2 aromatic rings. The van der Waals surface area contributed by atoms with Gasteiger partial charge in [-0.05, 0) is 35.6 Å². The molecule has 1 aromatic heterocycles. The van der Waals surface area contributed by atoms with E-state index in [0.717, 1.165) is 12.0 Å². The van der Waals surface area contributed by atoms with E-state index in [1.165, 1.54) is 36.5 Å². The number of rotatable bonds is 6. The van der Waals surface area contributed by atoms with E-state index >= 15 is 0 Å². The molecular formula is C18H22FN. The van der Waals surface area contributed by atoms with Gasteiger partial charge in [-0.2, -0.15) is 4.39 Å². The molecule has 1 atom stereocenters. The normalized spacial score (nSPS) is 12.3. The molecule has 0 aliphatic rings. The fourth-order valence-electron chi connectivity index (χ4n) is 2.39. The molecule has 0 spiro atoms. The standard InChI is InChI=1S/C18H22FN/c1-3-4-5-6-15-7-9-16(10-8-15)14(2)17-11-12-18(19)20-13-17/h7-14H,3-6H2,1-2H3. The van der Waals surface area contributed by atoms with Crippen molar-refractivity contribution in [2.75, 3.05) is 0 Å². The number of benzene rings is 1. The molecule has 106 valence electrons. The van der Waals surface area contributed by atoms with Gasteiger partial charge in [0.15, 0.2) is 0 Å². The van der Waals surface area contributed by atoms with E-state index in [-0.39, 0.29) is 5.92 Å². The lowest BCUT2D eigenvalue weighted by atomic mass is 9.93. The summed E-state index contributed by atoms with van der Waals surface area (Å²) in [6.07, 6.45) is 6.58. The van der Waals surface area contributed by atoms with Crippen LogP contribution in [-0.2, 0) is 6.42 Å². The van der Waals surface area contributed by atoms with Crippen LogP contribution in [0.3, 0.4) is 0 Å². The van der Waals surface area contributed by atoms with E-state index < -0.39 is 5.95 Å². The molecule has 1 aromatic carbocycles. The summed E-state index contributed by atoms with van der Waals surface area (Å²) in [6.45, 7) is 4.35. The van der Waals surface area contributed by atoms with Gasteiger partial charge in [0.25, 0.3) is 0 Å². The van der Waals surface area contributed by atoms with Crippen molar-refractivity contribution < 1.29 is 4.39 Å². The van der Waals surface area contributed by atoms with Crippen molar-refractivity contribution in [3.8, 4) is 0 Å². The first kappa shape index (κ1) is 14.7. The van der Waals surface area contributed by atoms with E-state index in [1.54, 1.807) is 6.20 Å². The van der Waals surface area contributed by atoms with Crippen molar-refractivity contribution in [2.45, 2.75) is 45.4 Å². The number of hydrogen-bond acceptors (Lipinski definition) is 1. The van der Waals surface area contributed by atoms with Gasteiger partial charge in [0.05, 0.1) is 0 Å². The van der Waals surface area contributed by atoms with Gasteiger partial charge >= 0.3 is 0 Å². The van der Waals surface area contributed by atoms with Gasteiger partial charge in [-0.15, -0.1) is 0 Å². The predicted octanol–water partition coefficient (Wildman–Crippen LogP) is 5.11. The van der Waals surface area contributed by atoms with Gasteiger partial charge in [-0.25, -0.2) is 4.98 Å². The zero-order chi connectivity index (χ0) is 14.4. The average molecular weight is 271 g/mol. The van der Waals surface area contributed by atoms with E-state index in [4.69, 9.17) is 0 Å². The Kier molecular flexibility index (Phi) is 5.28. The second-order valence-electron chi connectivity index (χ2n) is 5.33. The number of nitrogens with zero attached hydrogens (tertiary/aromatic N) is 1. The Labute approximate surface area is 120 Å². The first-order valence-corrected chi connectivity index (χ1v) is 7.41. The number of hydrogen-bond donors (Lipinski definition) is 0. The van der Waals surface area contributed by atoms with Gasteiger partial charge in [-0.1, -0.05) is 57.0 Å². The Hall–Kier alpha value is -1.70. The van der Waals surface area contributed by atoms with Crippen LogP contribution in [0.15, 0.2) is 42.6 Å². The molecule has 0 saturated heterocycles. The fourth-order valence-corrected chi connectivity index (χ4v) is 2.39. The van der Waals surface area contributed by atoms with Crippen LogP contribution >= 0.6 is 0 Å². The lowest BCUT2D eigenvalue weighted by molar-refractivity contribution is 0.581. The number of unbranched alkanes of at least 4 members (excludes halogenated alkanes) is 2. The van der Waals surface area contributed by atoms with Crippen LogP contribution < -0.4 is 0 Å². The van der Waals surface area contributed by atoms with Gasteiger partial charge < -0.3 is 0 Å². The molecule has 2 heteroatoms. The number of halogens is 1. The molecule has 0 aliphatic heterocycles. The van der Waals surface area contributed by atoms with Crippen LogP contribution in [0.1, 0.15) is 55.7 Å². The van der Waals surface area contributed by atoms with Gasteiger partial charge in [-0.3, -0.25) is 0 Å². The highest BCUT2D eigenvalue weighted by atomic mass is 19.1. The Bertz CT molecular complexity index is 516. The number of aromatic nitrogens is 1. The zero-order valence-corrected chi connectivity index (χ0v) is 12.3. The molecular weight excluding hydrogens is 249 g/mol. The van der Waals surface area contributed by atoms with E-state index in [0.29, 0.717) is 0 Å². The fraction of sp³-hybridized carbons (Fsp3) is 0.389. The van der Waals surface area contributed by atoms with Crippen molar-refractivity contribution in [1.82, 2.24) is 4.98 Å². The minimum Gasteiger partial charge on any atom is -0.228 e. The predicted molar refractivity (Wildman–Crippen MR) is 81.4 cm³/mol. The maximum atomic E-state index is 12.8. The smallest absolute Gasteiger partial charge is 0.212 e. The van der Waals surface area contributed by atoms with Crippen molar-refractivity contribution >= 4 is 0 Å². The molecule has 0 radical (unpaired) electrons. The minimum atomic E-state index is -0.424. The van der Waals surface area contributed by atoms with E-state index in [2.05, 4.69) is 43.1 Å². The first-order chi connectivity index (χ1) is 9.70. The van der Waals surface area contributed by atoms with E-state index in [1.807, 2.05) is 6.07 Å². The van der Waals surface area contributed by atoms with Gasteiger partial charge in [0, 0.05) is 12.1 Å². The molecule has 0 bridgehead atoms. The molecule has 0 amide bonds. The van der Waals surface area contributed by atoms with Crippen LogP contribution in [0, 0.1) is 5.95 Å². The second-order valence-corrected chi connectivity index (χ2v) is 5.33. The topological polar surface area (TPSA) is 12.9 Å². The van der Waals surface area contributed by atoms with Crippen LogP contribution in [0.5, 0.6) is 0 Å². The molecule has 1 nitrogen and oxygen atoms in total. The molecule has 1 heterocycles.